The van der Waals surface area contributed by atoms with Gasteiger partial charge >= 0.3 is 0 Å². The third-order valence-corrected chi connectivity index (χ3v) is 5.92. The van der Waals surface area contributed by atoms with Gasteiger partial charge in [-0.1, -0.05) is 37.3 Å². The number of quaternary nitrogens is 2. The molecule has 2 amide bonds. The van der Waals surface area contributed by atoms with Crippen LogP contribution in [0.4, 0.5) is 10.1 Å². The highest BCUT2D eigenvalue weighted by Crippen LogP contribution is 2.17. The molecular weight excluding hydrogens is 395 g/mol. The van der Waals surface area contributed by atoms with Crippen LogP contribution in [0, 0.1) is 5.82 Å². The monoisotopic (exact) mass is 428 g/mol. The second-order valence-corrected chi connectivity index (χ2v) is 8.23. The number of rotatable bonds is 9. The standard InChI is InChI=1S/C24H31FN4O2/c1-2-19(20-6-4-3-5-7-20)16-26-23(30)17-28-12-14-29(15-13-28)18-24(31)27-22-10-8-21(25)9-11-22/h3-11,19H,2,12-18H2,1H3,(H,26,30)(H,27,31)/p+2/t19-/m0/s1. The summed E-state index contributed by atoms with van der Waals surface area (Å²) in [4.78, 5) is 27.1. The van der Waals surface area contributed by atoms with E-state index in [-0.39, 0.29) is 17.6 Å². The molecule has 1 aliphatic heterocycles. The van der Waals surface area contributed by atoms with Crippen LogP contribution < -0.4 is 20.4 Å². The molecule has 7 heteroatoms. The Bertz CT molecular complexity index is 836. The number of anilines is 1. The normalized spacial score (nSPS) is 19.4. The van der Waals surface area contributed by atoms with Gasteiger partial charge in [-0.25, -0.2) is 4.39 Å². The van der Waals surface area contributed by atoms with E-state index in [1.54, 1.807) is 12.1 Å². The van der Waals surface area contributed by atoms with E-state index in [1.165, 1.54) is 27.5 Å². The molecule has 4 N–H and O–H groups in total. The average Bonchev–Trinajstić information content (AvgIpc) is 2.78. The van der Waals surface area contributed by atoms with E-state index in [9.17, 15) is 14.0 Å². The summed E-state index contributed by atoms with van der Waals surface area (Å²) in [6.07, 6.45) is 0.985. The van der Waals surface area contributed by atoms with Crippen molar-refractivity contribution < 1.29 is 23.8 Å². The third kappa shape index (κ3) is 7.45. The van der Waals surface area contributed by atoms with E-state index < -0.39 is 0 Å². The van der Waals surface area contributed by atoms with Crippen LogP contribution in [-0.2, 0) is 9.59 Å². The largest absolute Gasteiger partial charge is 0.351 e. The Morgan fingerprint density at radius 1 is 0.903 bits per heavy atom. The Morgan fingerprint density at radius 2 is 1.48 bits per heavy atom. The first-order valence-corrected chi connectivity index (χ1v) is 11.1. The smallest absolute Gasteiger partial charge is 0.279 e. The van der Waals surface area contributed by atoms with E-state index in [1.807, 2.05) is 18.2 Å². The van der Waals surface area contributed by atoms with Gasteiger partial charge in [0.2, 0.25) is 0 Å². The van der Waals surface area contributed by atoms with E-state index >= 15 is 0 Å². The Labute approximate surface area is 183 Å². The van der Waals surface area contributed by atoms with Crippen molar-refractivity contribution in [3.05, 3.63) is 66.0 Å². The Kier molecular flexibility index (Phi) is 8.55. The maximum atomic E-state index is 13.0. The van der Waals surface area contributed by atoms with Gasteiger partial charge in [-0.15, -0.1) is 0 Å². The number of hydrogen-bond donors (Lipinski definition) is 4. The van der Waals surface area contributed by atoms with Gasteiger partial charge in [0.1, 0.15) is 32.0 Å². The highest BCUT2D eigenvalue weighted by atomic mass is 19.1. The van der Waals surface area contributed by atoms with Crippen molar-refractivity contribution in [2.24, 2.45) is 0 Å². The molecule has 1 fully saturated rings. The van der Waals surface area contributed by atoms with Gasteiger partial charge in [-0.2, -0.15) is 0 Å². The van der Waals surface area contributed by atoms with Crippen LogP contribution in [-0.4, -0.2) is 57.6 Å². The molecule has 1 saturated heterocycles. The van der Waals surface area contributed by atoms with Gasteiger partial charge in [0.25, 0.3) is 11.8 Å². The second kappa shape index (κ2) is 11.6. The van der Waals surface area contributed by atoms with Crippen LogP contribution in [0.5, 0.6) is 0 Å². The van der Waals surface area contributed by atoms with Gasteiger partial charge in [0.15, 0.2) is 13.1 Å². The molecule has 6 nitrogen and oxygen atoms in total. The molecule has 1 heterocycles. The average molecular weight is 429 g/mol. The van der Waals surface area contributed by atoms with Crippen molar-refractivity contribution in [3.8, 4) is 0 Å². The molecule has 0 radical (unpaired) electrons. The maximum absolute atomic E-state index is 13.0. The summed E-state index contributed by atoms with van der Waals surface area (Å²) in [7, 11) is 0. The summed E-state index contributed by atoms with van der Waals surface area (Å²) in [6, 6.07) is 16.1. The van der Waals surface area contributed by atoms with E-state index in [4.69, 9.17) is 0 Å². The lowest BCUT2D eigenvalue weighted by Crippen LogP contribution is -3.28. The van der Waals surface area contributed by atoms with Gasteiger partial charge < -0.3 is 20.4 Å². The van der Waals surface area contributed by atoms with Crippen molar-refractivity contribution in [1.29, 1.82) is 0 Å². The first-order valence-electron chi connectivity index (χ1n) is 11.1. The molecule has 0 aliphatic carbocycles. The first-order chi connectivity index (χ1) is 15.0. The fourth-order valence-electron chi connectivity index (χ4n) is 4.03. The second-order valence-electron chi connectivity index (χ2n) is 8.23. The van der Waals surface area contributed by atoms with Crippen molar-refractivity contribution in [3.63, 3.8) is 0 Å². The molecule has 0 bridgehead atoms. The number of benzene rings is 2. The molecule has 166 valence electrons. The number of carbonyl (C=O) groups is 2. The molecule has 0 unspecified atom stereocenters. The van der Waals surface area contributed by atoms with Crippen LogP contribution in [0.3, 0.4) is 0 Å². The van der Waals surface area contributed by atoms with Gasteiger partial charge in [-0.05, 0) is 36.2 Å². The predicted molar refractivity (Wildman–Crippen MR) is 119 cm³/mol. The first kappa shape index (κ1) is 22.9. The number of amides is 2. The number of piperazine rings is 1. The van der Waals surface area contributed by atoms with Gasteiger partial charge in [0.05, 0.1) is 0 Å². The van der Waals surface area contributed by atoms with E-state index in [0.717, 1.165) is 32.6 Å². The van der Waals surface area contributed by atoms with Gasteiger partial charge in [-0.3, -0.25) is 9.59 Å². The predicted octanol–water partition coefficient (Wildman–Crippen LogP) is -0.142. The number of nitrogens with one attached hydrogen (secondary N) is 4. The minimum absolute atomic E-state index is 0.0747. The van der Waals surface area contributed by atoms with E-state index in [2.05, 4.69) is 29.7 Å². The maximum Gasteiger partial charge on any atom is 0.279 e. The fourth-order valence-corrected chi connectivity index (χ4v) is 4.03. The lowest BCUT2D eigenvalue weighted by Gasteiger charge is -2.29. The Morgan fingerprint density at radius 3 is 2.06 bits per heavy atom. The minimum Gasteiger partial charge on any atom is -0.351 e. The van der Waals surface area contributed by atoms with Crippen molar-refractivity contribution in [2.75, 3.05) is 51.1 Å². The summed E-state index contributed by atoms with van der Waals surface area (Å²) < 4.78 is 13.0. The quantitative estimate of drug-likeness (QED) is 0.449. The topological polar surface area (TPSA) is 67.1 Å². The molecule has 2 aromatic rings. The van der Waals surface area contributed by atoms with Crippen molar-refractivity contribution >= 4 is 17.5 Å². The lowest BCUT2D eigenvalue weighted by atomic mass is 9.96. The zero-order chi connectivity index (χ0) is 22.1. The lowest BCUT2D eigenvalue weighted by molar-refractivity contribution is -1.00. The van der Waals surface area contributed by atoms with Crippen LogP contribution in [0.1, 0.15) is 24.8 Å². The number of carbonyl (C=O) groups excluding carboxylic acids is 2. The molecule has 1 aliphatic rings. The summed E-state index contributed by atoms with van der Waals surface area (Å²) >= 11 is 0. The van der Waals surface area contributed by atoms with Gasteiger partial charge in [0, 0.05) is 18.2 Å². The summed E-state index contributed by atoms with van der Waals surface area (Å²) in [5.74, 6) is 0.0225. The van der Waals surface area contributed by atoms with Crippen molar-refractivity contribution in [2.45, 2.75) is 19.3 Å². The summed E-state index contributed by atoms with van der Waals surface area (Å²) in [6.45, 7) is 7.08. The van der Waals surface area contributed by atoms with Crippen LogP contribution in [0.2, 0.25) is 0 Å². The number of hydrogen-bond acceptors (Lipinski definition) is 2. The molecule has 1 atom stereocenters. The Hall–Kier alpha value is -2.77. The number of halogens is 1. The van der Waals surface area contributed by atoms with Crippen LogP contribution in [0.15, 0.2) is 54.6 Å². The molecule has 0 aromatic heterocycles. The summed E-state index contributed by atoms with van der Waals surface area (Å²) in [5.41, 5.74) is 1.86. The molecular formula is C24H33FN4O2+2. The highest BCUT2D eigenvalue weighted by Gasteiger charge is 2.26. The third-order valence-electron chi connectivity index (χ3n) is 5.92. The molecule has 0 spiro atoms. The zero-order valence-electron chi connectivity index (χ0n) is 18.1. The molecule has 31 heavy (non-hydrogen) atoms. The van der Waals surface area contributed by atoms with Crippen LogP contribution >= 0.6 is 0 Å². The molecule has 3 rings (SSSR count). The summed E-state index contributed by atoms with van der Waals surface area (Å²) in [5, 5.41) is 5.91. The SMILES string of the molecule is CC[C@@H](CNC(=O)C[NH+]1CC[NH+](CC(=O)Nc2ccc(F)cc2)CC1)c1ccccc1. The fraction of sp³-hybridized carbons (Fsp3) is 0.417. The van der Waals surface area contributed by atoms with Crippen molar-refractivity contribution in [1.82, 2.24) is 5.32 Å². The Balaban J connectivity index is 1.35. The highest BCUT2D eigenvalue weighted by molar-refractivity contribution is 5.91. The molecule has 0 saturated carbocycles. The zero-order valence-corrected chi connectivity index (χ0v) is 18.1. The van der Waals surface area contributed by atoms with Crippen LogP contribution in [0.25, 0.3) is 0 Å². The minimum atomic E-state index is -0.322. The van der Waals surface area contributed by atoms with E-state index in [0.29, 0.717) is 31.2 Å². The molecule has 2 aromatic carbocycles.